The van der Waals surface area contributed by atoms with Gasteiger partial charge in [-0.05, 0) is 23.7 Å². The van der Waals surface area contributed by atoms with Gasteiger partial charge in [-0.25, -0.2) is 0 Å². The topological polar surface area (TPSA) is 118 Å². The standard InChI is InChI=1S/C15H34O6P2S/c1-3-4-5-6-7-8-9-10-11-12-13-24(2)14-15(22(16,17)18)23(19,20)21/h15H,3-14H2,1-2H3,(H3-,16,17,18,19,20,21). The van der Waals surface area contributed by atoms with Crippen LogP contribution in [0.3, 0.4) is 0 Å². The Bertz CT molecular complexity index is 387. The lowest BCUT2D eigenvalue weighted by Crippen LogP contribution is -2.27. The first-order valence-electron chi connectivity index (χ1n) is 8.77. The van der Waals surface area contributed by atoms with Gasteiger partial charge in [0.05, 0.1) is 6.26 Å². The minimum Gasteiger partial charge on any atom is -0.778 e. The molecule has 0 spiro atoms. The molecular formula is C15H34O6P2S. The monoisotopic (exact) mass is 404 g/mol. The maximum absolute atomic E-state index is 11.2. The highest BCUT2D eigenvalue weighted by molar-refractivity contribution is 7.97. The minimum atomic E-state index is -5.02. The summed E-state index contributed by atoms with van der Waals surface area (Å²) in [5.41, 5.74) is 0. The summed E-state index contributed by atoms with van der Waals surface area (Å²) in [4.78, 5) is 38.4. The van der Waals surface area contributed by atoms with E-state index in [1.54, 1.807) is 6.26 Å². The first-order chi connectivity index (χ1) is 11.1. The Hall–Kier alpha value is 0.650. The van der Waals surface area contributed by atoms with Crippen molar-refractivity contribution in [2.45, 2.75) is 76.5 Å². The molecule has 0 aliphatic heterocycles. The van der Waals surface area contributed by atoms with Crippen molar-refractivity contribution in [3.8, 4) is 0 Å². The number of unbranched alkanes of at least 4 members (excludes halogenated alkanes) is 9. The third kappa shape index (κ3) is 12.9. The number of hydrogen-bond acceptors (Lipinski definition) is 3. The SMILES string of the molecule is CCCCCCCCCCCC[S+](C)CC(P(=O)([O-])O)P(=O)(O)O. The molecule has 0 saturated heterocycles. The summed E-state index contributed by atoms with van der Waals surface area (Å²) in [6, 6.07) is 0. The largest absolute Gasteiger partial charge is 0.778 e. The van der Waals surface area contributed by atoms with E-state index in [4.69, 9.17) is 14.7 Å². The summed E-state index contributed by atoms with van der Waals surface area (Å²) in [7, 11) is -10.3. The van der Waals surface area contributed by atoms with Crippen molar-refractivity contribution in [2.24, 2.45) is 0 Å². The van der Waals surface area contributed by atoms with Crippen LogP contribution in [-0.2, 0) is 20.0 Å². The molecule has 0 aliphatic carbocycles. The number of rotatable bonds is 15. The second-order valence-electron chi connectivity index (χ2n) is 6.47. The van der Waals surface area contributed by atoms with Gasteiger partial charge in [-0.15, -0.1) is 0 Å². The second-order valence-corrected chi connectivity index (χ2v) is 12.7. The normalized spacial score (nSPS) is 17.4. The van der Waals surface area contributed by atoms with Gasteiger partial charge >= 0.3 is 7.60 Å². The predicted octanol–water partition coefficient (Wildman–Crippen LogP) is 3.20. The van der Waals surface area contributed by atoms with Crippen molar-refractivity contribution in [1.29, 1.82) is 0 Å². The summed E-state index contributed by atoms with van der Waals surface area (Å²) < 4.78 is 22.4. The van der Waals surface area contributed by atoms with Gasteiger partial charge < -0.3 is 24.1 Å². The minimum absolute atomic E-state index is 0.168. The first kappa shape index (κ1) is 24.7. The smallest absolute Gasteiger partial charge is 0.341 e. The zero-order chi connectivity index (χ0) is 18.6. The van der Waals surface area contributed by atoms with Gasteiger partial charge in [0.1, 0.15) is 11.5 Å². The summed E-state index contributed by atoms with van der Waals surface area (Å²) in [6.07, 6.45) is 13.9. The van der Waals surface area contributed by atoms with E-state index in [1.165, 1.54) is 44.9 Å². The zero-order valence-corrected chi connectivity index (χ0v) is 17.5. The van der Waals surface area contributed by atoms with Crippen LogP contribution >= 0.6 is 15.2 Å². The van der Waals surface area contributed by atoms with Gasteiger partial charge in [-0.3, -0.25) is 4.57 Å². The van der Waals surface area contributed by atoms with Crippen molar-refractivity contribution < 1.29 is 28.7 Å². The molecule has 0 bridgehead atoms. The number of hydrogen-bond donors (Lipinski definition) is 3. The van der Waals surface area contributed by atoms with E-state index in [1.807, 2.05) is 0 Å². The third-order valence-electron chi connectivity index (χ3n) is 4.04. The van der Waals surface area contributed by atoms with E-state index >= 15 is 0 Å². The van der Waals surface area contributed by atoms with Crippen LogP contribution in [0.4, 0.5) is 0 Å². The Labute approximate surface area is 149 Å². The van der Waals surface area contributed by atoms with Crippen molar-refractivity contribution in [3.05, 3.63) is 0 Å². The molecule has 6 nitrogen and oxygen atoms in total. The molecule has 0 aliphatic rings. The van der Waals surface area contributed by atoms with Crippen LogP contribution in [0.5, 0.6) is 0 Å². The molecule has 3 atom stereocenters. The van der Waals surface area contributed by atoms with Crippen LogP contribution in [0, 0.1) is 0 Å². The maximum Gasteiger partial charge on any atom is 0.341 e. The highest BCUT2D eigenvalue weighted by Gasteiger charge is 2.41. The Balaban J connectivity index is 3.81. The fourth-order valence-electron chi connectivity index (χ4n) is 2.56. The van der Waals surface area contributed by atoms with E-state index in [2.05, 4.69) is 6.92 Å². The van der Waals surface area contributed by atoms with Crippen molar-refractivity contribution in [2.75, 3.05) is 17.8 Å². The molecule has 3 N–H and O–H groups in total. The van der Waals surface area contributed by atoms with Crippen LogP contribution in [0.25, 0.3) is 0 Å². The summed E-state index contributed by atoms with van der Waals surface area (Å²) in [5, 5.41) is -1.96. The third-order valence-corrected chi connectivity index (χ3v) is 10.1. The average molecular weight is 404 g/mol. The molecule has 0 aromatic carbocycles. The lowest BCUT2D eigenvalue weighted by atomic mass is 10.1. The average Bonchev–Trinajstić information content (AvgIpc) is 2.44. The van der Waals surface area contributed by atoms with Gasteiger partial charge in [0.15, 0.2) is 13.0 Å². The molecule has 0 rings (SSSR count). The summed E-state index contributed by atoms with van der Waals surface area (Å²) in [6.45, 7) is 2.21. The lowest BCUT2D eigenvalue weighted by Gasteiger charge is -2.26. The predicted molar refractivity (Wildman–Crippen MR) is 101 cm³/mol. The molecule has 0 fully saturated rings. The highest BCUT2D eigenvalue weighted by atomic mass is 32.2. The molecule has 24 heavy (non-hydrogen) atoms. The summed E-state index contributed by atoms with van der Waals surface area (Å²) >= 11 is 0. The first-order valence-corrected chi connectivity index (χ1v) is 14.1. The van der Waals surface area contributed by atoms with E-state index in [0.717, 1.165) is 25.0 Å². The van der Waals surface area contributed by atoms with Crippen LogP contribution < -0.4 is 4.89 Å². The molecule has 3 unspecified atom stereocenters. The van der Waals surface area contributed by atoms with E-state index in [9.17, 15) is 14.0 Å². The van der Waals surface area contributed by atoms with E-state index < -0.39 is 31.5 Å². The highest BCUT2D eigenvalue weighted by Crippen LogP contribution is 2.57. The van der Waals surface area contributed by atoms with E-state index in [0.29, 0.717) is 0 Å². The van der Waals surface area contributed by atoms with Crippen LogP contribution in [-0.4, -0.2) is 37.8 Å². The van der Waals surface area contributed by atoms with Gasteiger partial charge in [-0.2, -0.15) is 0 Å². The molecule has 0 amide bonds. The van der Waals surface area contributed by atoms with Crippen molar-refractivity contribution in [3.63, 3.8) is 0 Å². The van der Waals surface area contributed by atoms with E-state index in [-0.39, 0.29) is 5.75 Å². The van der Waals surface area contributed by atoms with Gasteiger partial charge in [0.25, 0.3) is 0 Å². The summed E-state index contributed by atoms with van der Waals surface area (Å²) in [5.74, 6) is 0.575. The maximum atomic E-state index is 11.2. The molecule has 146 valence electrons. The molecular weight excluding hydrogens is 370 g/mol. The Morgan fingerprint density at radius 1 is 0.875 bits per heavy atom. The van der Waals surface area contributed by atoms with Gasteiger partial charge in [-0.1, -0.05) is 58.3 Å². The van der Waals surface area contributed by atoms with Crippen molar-refractivity contribution in [1.82, 2.24) is 0 Å². The molecule has 0 aromatic rings. The van der Waals surface area contributed by atoms with Crippen LogP contribution in [0.1, 0.15) is 71.1 Å². The molecule has 0 radical (unpaired) electrons. The molecule has 9 heteroatoms. The lowest BCUT2D eigenvalue weighted by molar-refractivity contribution is -0.194. The fraction of sp³-hybridized carbons (Fsp3) is 1.00. The molecule has 0 saturated carbocycles. The van der Waals surface area contributed by atoms with Gasteiger partial charge in [0, 0.05) is 0 Å². The van der Waals surface area contributed by atoms with Crippen LogP contribution in [0.2, 0.25) is 0 Å². The van der Waals surface area contributed by atoms with Crippen molar-refractivity contribution >= 4 is 26.1 Å². The fourth-order valence-corrected chi connectivity index (χ4v) is 8.51. The second kappa shape index (κ2) is 12.9. The molecule has 0 aromatic heterocycles. The molecule has 0 heterocycles. The van der Waals surface area contributed by atoms with Crippen LogP contribution in [0.15, 0.2) is 0 Å². The zero-order valence-electron chi connectivity index (χ0n) is 14.9. The Morgan fingerprint density at radius 3 is 1.67 bits per heavy atom. The quantitative estimate of drug-likeness (QED) is 0.219. The van der Waals surface area contributed by atoms with Gasteiger partial charge in [0.2, 0.25) is 0 Å². The Kier molecular flexibility index (Phi) is 13.3. The Morgan fingerprint density at radius 2 is 1.29 bits per heavy atom.